The van der Waals surface area contributed by atoms with Gasteiger partial charge in [-0.25, -0.2) is 15.0 Å². The first-order valence-corrected chi connectivity index (χ1v) is 19.9. The van der Waals surface area contributed by atoms with Crippen LogP contribution in [0.15, 0.2) is 205 Å². The Hall–Kier alpha value is -7.95. The summed E-state index contributed by atoms with van der Waals surface area (Å²) in [5.41, 5.74) is 9.01. The number of benzene rings is 10. The topological polar surface area (TPSA) is 51.8 Å². The maximum Gasteiger partial charge on any atom is 0.164 e. The van der Waals surface area contributed by atoms with Crippen LogP contribution in [-0.2, 0) is 0 Å². The number of furan rings is 1. The van der Waals surface area contributed by atoms with Crippen LogP contribution >= 0.6 is 0 Å². The second kappa shape index (κ2) is 13.3. The molecule has 0 radical (unpaired) electrons. The highest BCUT2D eigenvalue weighted by Crippen LogP contribution is 2.44. The van der Waals surface area contributed by atoms with Crippen molar-refractivity contribution < 1.29 is 4.42 Å². The number of aromatic nitrogens is 3. The molecule has 12 rings (SSSR count). The van der Waals surface area contributed by atoms with Crippen molar-refractivity contribution in [1.29, 1.82) is 0 Å². The first-order valence-electron chi connectivity index (χ1n) is 19.9. The molecule has 0 fully saturated rings. The minimum Gasteiger partial charge on any atom is -0.456 e. The van der Waals surface area contributed by atoms with E-state index in [2.05, 4.69) is 200 Å². The lowest BCUT2D eigenvalue weighted by molar-refractivity contribution is 0.669. The van der Waals surface area contributed by atoms with Crippen LogP contribution in [0.4, 0.5) is 0 Å². The highest BCUT2D eigenvalue weighted by Gasteiger charge is 2.21. The summed E-state index contributed by atoms with van der Waals surface area (Å²) < 4.78 is 6.73. The summed E-state index contributed by atoms with van der Waals surface area (Å²) in [6.07, 6.45) is 0. The Balaban J connectivity index is 1.10. The van der Waals surface area contributed by atoms with Crippen molar-refractivity contribution in [2.75, 3.05) is 0 Å². The van der Waals surface area contributed by atoms with E-state index in [9.17, 15) is 0 Å². The van der Waals surface area contributed by atoms with E-state index in [0.29, 0.717) is 17.5 Å². The van der Waals surface area contributed by atoms with Crippen molar-refractivity contribution in [1.82, 2.24) is 15.0 Å². The van der Waals surface area contributed by atoms with Crippen LogP contribution in [0.5, 0.6) is 0 Å². The Morgan fingerprint density at radius 2 is 0.780 bits per heavy atom. The van der Waals surface area contributed by atoms with E-state index in [1.54, 1.807) is 0 Å². The fraction of sp³-hybridized carbons (Fsp3) is 0. The Labute approximate surface area is 339 Å². The van der Waals surface area contributed by atoms with Crippen LogP contribution in [0.2, 0.25) is 0 Å². The number of fused-ring (bicyclic) bond motifs is 7. The molecule has 0 N–H and O–H groups in total. The first-order chi connectivity index (χ1) is 29.2. The van der Waals surface area contributed by atoms with Gasteiger partial charge >= 0.3 is 0 Å². The monoisotopic (exact) mass is 751 g/mol. The normalized spacial score (nSPS) is 11.7. The molecule has 0 saturated heterocycles. The molecule has 4 heteroatoms. The molecule has 10 aromatic carbocycles. The zero-order valence-electron chi connectivity index (χ0n) is 31.8. The van der Waals surface area contributed by atoms with E-state index >= 15 is 0 Å². The van der Waals surface area contributed by atoms with Gasteiger partial charge in [-0.05, 0) is 108 Å². The van der Waals surface area contributed by atoms with E-state index < -0.39 is 0 Å². The van der Waals surface area contributed by atoms with Gasteiger partial charge in [-0.3, -0.25) is 0 Å². The van der Waals surface area contributed by atoms with Crippen molar-refractivity contribution in [3.8, 4) is 56.4 Å². The van der Waals surface area contributed by atoms with Gasteiger partial charge in [0.25, 0.3) is 0 Å². The van der Waals surface area contributed by atoms with Gasteiger partial charge in [-0.1, -0.05) is 158 Å². The molecule has 0 aliphatic rings. The van der Waals surface area contributed by atoms with E-state index in [0.717, 1.165) is 87.8 Å². The molecule has 274 valence electrons. The third-order valence-corrected chi connectivity index (χ3v) is 11.7. The van der Waals surface area contributed by atoms with Crippen LogP contribution in [0.1, 0.15) is 0 Å². The quantitative estimate of drug-likeness (QED) is 0.176. The van der Waals surface area contributed by atoms with Crippen molar-refractivity contribution in [2.24, 2.45) is 0 Å². The fourth-order valence-corrected chi connectivity index (χ4v) is 8.74. The van der Waals surface area contributed by atoms with Gasteiger partial charge in [-0.15, -0.1) is 0 Å². The van der Waals surface area contributed by atoms with Crippen molar-refractivity contribution >= 4 is 65.0 Å². The molecule has 2 aromatic heterocycles. The van der Waals surface area contributed by atoms with Gasteiger partial charge in [-0.2, -0.15) is 0 Å². The molecule has 12 aromatic rings. The Kier molecular flexibility index (Phi) is 7.50. The third-order valence-electron chi connectivity index (χ3n) is 11.7. The lowest BCUT2D eigenvalue weighted by Crippen LogP contribution is -2.01. The van der Waals surface area contributed by atoms with E-state index in [1.165, 1.54) is 16.2 Å². The molecule has 0 saturated carbocycles. The molecule has 0 bridgehead atoms. The van der Waals surface area contributed by atoms with Crippen molar-refractivity contribution in [3.05, 3.63) is 200 Å². The van der Waals surface area contributed by atoms with Gasteiger partial charge in [0, 0.05) is 27.5 Å². The van der Waals surface area contributed by atoms with Gasteiger partial charge in [0.2, 0.25) is 0 Å². The average Bonchev–Trinajstić information content (AvgIpc) is 3.67. The molecular weight excluding hydrogens is 719 g/mol. The summed E-state index contributed by atoms with van der Waals surface area (Å²) in [6, 6.07) is 70.6. The molecule has 2 heterocycles. The Morgan fingerprint density at radius 3 is 1.42 bits per heavy atom. The third kappa shape index (κ3) is 5.65. The zero-order valence-corrected chi connectivity index (χ0v) is 31.8. The molecule has 0 unspecified atom stereocenters. The predicted molar refractivity (Wildman–Crippen MR) is 244 cm³/mol. The van der Waals surface area contributed by atoms with Crippen LogP contribution in [0, 0.1) is 0 Å². The van der Waals surface area contributed by atoms with Gasteiger partial charge in [0.1, 0.15) is 11.2 Å². The molecule has 0 aliphatic heterocycles. The summed E-state index contributed by atoms with van der Waals surface area (Å²) in [4.78, 5) is 15.6. The standard InChI is InChI=1S/C55H33N3O/c1-2-12-34(13-3-1)43-31-48(52-49-30-39-18-8-9-19-40(39)32-50(49)59-51(52)33-43)46-26-27-47(45-21-11-10-20-44(45)46)55-57-53(41-24-22-35-14-4-6-16-37(35)28-41)56-54(58-55)42-25-23-36-15-5-7-17-38(36)29-42/h1-33H. The summed E-state index contributed by atoms with van der Waals surface area (Å²) in [5.74, 6) is 1.88. The highest BCUT2D eigenvalue weighted by molar-refractivity contribution is 6.19. The van der Waals surface area contributed by atoms with Crippen molar-refractivity contribution in [3.63, 3.8) is 0 Å². The molecule has 59 heavy (non-hydrogen) atoms. The van der Waals surface area contributed by atoms with E-state index in [4.69, 9.17) is 19.4 Å². The summed E-state index contributed by atoms with van der Waals surface area (Å²) in [7, 11) is 0. The van der Waals surface area contributed by atoms with E-state index in [1.807, 2.05) is 0 Å². The molecular formula is C55H33N3O. The van der Waals surface area contributed by atoms with Crippen LogP contribution in [0.25, 0.3) is 121 Å². The summed E-state index contributed by atoms with van der Waals surface area (Å²) in [5, 5.41) is 11.3. The molecule has 0 amide bonds. The zero-order chi connectivity index (χ0) is 38.9. The number of rotatable bonds is 5. The highest BCUT2D eigenvalue weighted by atomic mass is 16.3. The number of nitrogens with zero attached hydrogens (tertiary/aromatic N) is 3. The van der Waals surface area contributed by atoms with Crippen molar-refractivity contribution in [2.45, 2.75) is 0 Å². The van der Waals surface area contributed by atoms with Gasteiger partial charge in [0.05, 0.1) is 0 Å². The van der Waals surface area contributed by atoms with Gasteiger partial charge in [0.15, 0.2) is 17.5 Å². The average molecular weight is 752 g/mol. The lowest BCUT2D eigenvalue weighted by atomic mass is 9.90. The second-order valence-corrected chi connectivity index (χ2v) is 15.2. The molecule has 0 atom stereocenters. The summed E-state index contributed by atoms with van der Waals surface area (Å²) in [6.45, 7) is 0. The largest absolute Gasteiger partial charge is 0.456 e. The van der Waals surface area contributed by atoms with Gasteiger partial charge < -0.3 is 4.42 Å². The first kappa shape index (κ1) is 33.2. The fourth-order valence-electron chi connectivity index (χ4n) is 8.74. The summed E-state index contributed by atoms with van der Waals surface area (Å²) >= 11 is 0. The Morgan fingerprint density at radius 1 is 0.271 bits per heavy atom. The van der Waals surface area contributed by atoms with Crippen LogP contribution in [0.3, 0.4) is 0 Å². The smallest absolute Gasteiger partial charge is 0.164 e. The minimum absolute atomic E-state index is 0.623. The minimum atomic E-state index is 0.623. The molecule has 0 aliphatic carbocycles. The number of hydrogen-bond donors (Lipinski definition) is 0. The van der Waals surface area contributed by atoms with Crippen LogP contribution in [-0.4, -0.2) is 15.0 Å². The maximum atomic E-state index is 6.73. The Bertz CT molecular complexity index is 3530. The van der Waals surface area contributed by atoms with Crippen LogP contribution < -0.4 is 0 Å². The lowest BCUT2D eigenvalue weighted by Gasteiger charge is -2.15. The molecule has 0 spiro atoms. The maximum absolute atomic E-state index is 6.73. The molecule has 4 nitrogen and oxygen atoms in total. The number of hydrogen-bond acceptors (Lipinski definition) is 4. The predicted octanol–water partition coefficient (Wildman–Crippen LogP) is 14.7. The second-order valence-electron chi connectivity index (χ2n) is 15.2. The van der Waals surface area contributed by atoms with E-state index in [-0.39, 0.29) is 0 Å². The SMILES string of the molecule is c1ccc(-c2cc(-c3ccc(-c4nc(-c5ccc6ccccc6c5)nc(-c5ccc6ccccc6c5)n4)c4ccccc34)c3c(c2)oc2cc4ccccc4cc23)cc1.